The van der Waals surface area contributed by atoms with E-state index < -0.39 is 11.6 Å². The van der Waals surface area contributed by atoms with Crippen molar-refractivity contribution >= 4 is 23.1 Å². The standard InChI is InChI=1S/C22H19N3O5/c1-3-22(28)16-8-17-19-14(10-25(17)20(26)15(16)11-30-21(22)27)7-12-5-4-6-13(9-23-29-2)18(12)24-19/h4-9,28H,3,10-11H2,1-2H3/b23-9+/t22-/m0/s1. The lowest BCUT2D eigenvalue weighted by atomic mass is 9.86. The smallest absolute Gasteiger partial charge is 0.343 e. The fourth-order valence-electron chi connectivity index (χ4n) is 4.24. The van der Waals surface area contributed by atoms with Crippen molar-refractivity contribution in [3.8, 4) is 11.4 Å². The van der Waals surface area contributed by atoms with Crippen molar-refractivity contribution in [1.82, 2.24) is 9.55 Å². The lowest BCUT2D eigenvalue weighted by Gasteiger charge is -2.31. The van der Waals surface area contributed by atoms with Crippen LogP contribution in [0.1, 0.15) is 35.6 Å². The molecule has 1 atom stereocenters. The number of ether oxygens (including phenoxy) is 1. The van der Waals surface area contributed by atoms with Crippen molar-refractivity contribution in [2.45, 2.75) is 32.1 Å². The van der Waals surface area contributed by atoms with Gasteiger partial charge in [-0.2, -0.15) is 0 Å². The third-order valence-corrected chi connectivity index (χ3v) is 5.87. The highest BCUT2D eigenvalue weighted by atomic mass is 16.6. The van der Waals surface area contributed by atoms with Gasteiger partial charge in [0.1, 0.15) is 13.7 Å². The van der Waals surface area contributed by atoms with Gasteiger partial charge in [-0.15, -0.1) is 0 Å². The van der Waals surface area contributed by atoms with Gasteiger partial charge < -0.3 is 19.2 Å². The Morgan fingerprint density at radius 2 is 2.20 bits per heavy atom. The van der Waals surface area contributed by atoms with Crippen molar-refractivity contribution < 1.29 is 19.5 Å². The number of fused-ring (bicyclic) bond motifs is 5. The van der Waals surface area contributed by atoms with E-state index in [1.807, 2.05) is 24.3 Å². The Balaban J connectivity index is 1.77. The molecule has 5 rings (SSSR count). The Labute approximate surface area is 171 Å². The molecular weight excluding hydrogens is 386 g/mol. The number of carbonyl (C=O) groups excluding carboxylic acids is 1. The van der Waals surface area contributed by atoms with E-state index in [4.69, 9.17) is 14.6 Å². The van der Waals surface area contributed by atoms with E-state index in [0.29, 0.717) is 29.1 Å². The number of esters is 1. The van der Waals surface area contributed by atoms with E-state index in [0.717, 1.165) is 22.0 Å². The van der Waals surface area contributed by atoms with Crippen LogP contribution in [0.25, 0.3) is 22.3 Å². The molecule has 0 saturated carbocycles. The van der Waals surface area contributed by atoms with Gasteiger partial charge in [0, 0.05) is 22.1 Å². The zero-order valence-electron chi connectivity index (χ0n) is 16.5. The summed E-state index contributed by atoms with van der Waals surface area (Å²) in [7, 11) is 1.47. The summed E-state index contributed by atoms with van der Waals surface area (Å²) in [6, 6.07) is 9.44. The van der Waals surface area contributed by atoms with Crippen molar-refractivity contribution in [2.24, 2.45) is 5.16 Å². The first-order valence-electron chi connectivity index (χ1n) is 9.64. The molecule has 3 aromatic rings. The Bertz CT molecular complexity index is 1310. The van der Waals surface area contributed by atoms with Crippen LogP contribution in [0.4, 0.5) is 0 Å². The fraction of sp³-hybridized carbons (Fsp3) is 0.273. The fourth-order valence-corrected chi connectivity index (χ4v) is 4.24. The monoisotopic (exact) mass is 405 g/mol. The van der Waals surface area contributed by atoms with Gasteiger partial charge in [-0.1, -0.05) is 30.3 Å². The predicted octanol–water partition coefficient (Wildman–Crippen LogP) is 2.06. The third-order valence-electron chi connectivity index (χ3n) is 5.87. The maximum Gasteiger partial charge on any atom is 0.343 e. The summed E-state index contributed by atoms with van der Waals surface area (Å²) in [4.78, 5) is 35.1. The van der Waals surface area contributed by atoms with E-state index >= 15 is 0 Å². The number of benzene rings is 1. The summed E-state index contributed by atoms with van der Waals surface area (Å²) in [6.45, 7) is 1.91. The number of rotatable bonds is 3. The zero-order chi connectivity index (χ0) is 21.0. The number of nitrogens with zero attached hydrogens (tertiary/aromatic N) is 3. The average Bonchev–Trinajstić information content (AvgIpc) is 3.11. The number of cyclic esters (lactones) is 1. The highest BCUT2D eigenvalue weighted by Gasteiger charge is 2.45. The van der Waals surface area contributed by atoms with Gasteiger partial charge in [0.15, 0.2) is 5.60 Å². The van der Waals surface area contributed by atoms with Gasteiger partial charge in [-0.05, 0) is 18.6 Å². The number of para-hydroxylation sites is 1. The summed E-state index contributed by atoms with van der Waals surface area (Å²) >= 11 is 0. The van der Waals surface area contributed by atoms with E-state index in [1.54, 1.807) is 23.8 Å². The molecule has 1 aromatic carbocycles. The van der Waals surface area contributed by atoms with Crippen molar-refractivity contribution in [2.75, 3.05) is 7.11 Å². The minimum absolute atomic E-state index is 0.108. The molecule has 0 spiro atoms. The van der Waals surface area contributed by atoms with Crippen molar-refractivity contribution in [3.05, 3.63) is 62.9 Å². The van der Waals surface area contributed by atoms with Gasteiger partial charge in [0.25, 0.3) is 5.56 Å². The van der Waals surface area contributed by atoms with Crippen LogP contribution in [-0.2, 0) is 33.1 Å². The van der Waals surface area contributed by atoms with Crippen molar-refractivity contribution in [3.63, 3.8) is 0 Å². The highest BCUT2D eigenvalue weighted by Crippen LogP contribution is 2.38. The average molecular weight is 405 g/mol. The van der Waals surface area contributed by atoms with E-state index in [-0.39, 0.29) is 18.6 Å². The number of carbonyl (C=O) groups is 1. The van der Waals surface area contributed by atoms with Gasteiger partial charge in [-0.3, -0.25) is 4.79 Å². The van der Waals surface area contributed by atoms with Crippen LogP contribution in [0.2, 0.25) is 0 Å². The van der Waals surface area contributed by atoms with Gasteiger partial charge in [0.05, 0.1) is 35.2 Å². The molecule has 2 aliphatic rings. The van der Waals surface area contributed by atoms with Crippen LogP contribution in [0, 0.1) is 0 Å². The molecule has 2 aromatic heterocycles. The Hall–Kier alpha value is -3.52. The van der Waals surface area contributed by atoms with Crippen LogP contribution in [-0.4, -0.2) is 34.0 Å². The highest BCUT2D eigenvalue weighted by molar-refractivity contribution is 5.98. The molecule has 2 aliphatic heterocycles. The molecular formula is C22H19N3O5. The molecule has 0 radical (unpaired) electrons. The minimum atomic E-state index is -1.84. The number of hydrogen-bond donors (Lipinski definition) is 1. The lowest BCUT2D eigenvalue weighted by molar-refractivity contribution is -0.172. The molecule has 30 heavy (non-hydrogen) atoms. The predicted molar refractivity (Wildman–Crippen MR) is 109 cm³/mol. The molecule has 1 N–H and O–H groups in total. The Morgan fingerprint density at radius 3 is 2.97 bits per heavy atom. The largest absolute Gasteiger partial charge is 0.458 e. The van der Waals surface area contributed by atoms with Gasteiger partial charge in [-0.25, -0.2) is 9.78 Å². The summed E-state index contributed by atoms with van der Waals surface area (Å²) < 4.78 is 6.72. The quantitative estimate of drug-likeness (QED) is 0.318. The van der Waals surface area contributed by atoms with Crippen molar-refractivity contribution in [1.29, 1.82) is 0 Å². The van der Waals surface area contributed by atoms with E-state index in [9.17, 15) is 14.7 Å². The Morgan fingerprint density at radius 1 is 1.37 bits per heavy atom. The molecule has 0 amide bonds. The van der Waals surface area contributed by atoms with E-state index in [2.05, 4.69) is 5.16 Å². The minimum Gasteiger partial charge on any atom is -0.458 e. The topological polar surface area (TPSA) is 103 Å². The van der Waals surface area contributed by atoms with Crippen LogP contribution in [0.15, 0.2) is 40.3 Å². The normalized spacial score (nSPS) is 19.5. The first-order chi connectivity index (χ1) is 14.5. The molecule has 0 saturated heterocycles. The van der Waals surface area contributed by atoms with Crippen LogP contribution >= 0.6 is 0 Å². The second kappa shape index (κ2) is 6.50. The molecule has 8 nitrogen and oxygen atoms in total. The maximum absolute atomic E-state index is 13.2. The zero-order valence-corrected chi connectivity index (χ0v) is 16.5. The summed E-state index contributed by atoms with van der Waals surface area (Å²) in [5, 5.41) is 15.7. The molecule has 0 fully saturated rings. The second-order valence-electron chi connectivity index (χ2n) is 7.44. The number of aliphatic hydroxyl groups is 1. The van der Waals surface area contributed by atoms with Gasteiger partial charge in [0.2, 0.25) is 0 Å². The second-order valence-corrected chi connectivity index (χ2v) is 7.44. The molecule has 4 heterocycles. The van der Waals surface area contributed by atoms with Crippen LogP contribution < -0.4 is 5.56 Å². The number of oxime groups is 1. The van der Waals surface area contributed by atoms with Crippen LogP contribution in [0.5, 0.6) is 0 Å². The molecule has 8 heteroatoms. The molecule has 0 bridgehead atoms. The third kappa shape index (κ3) is 2.43. The number of aromatic nitrogens is 2. The molecule has 152 valence electrons. The van der Waals surface area contributed by atoms with Gasteiger partial charge >= 0.3 is 5.97 Å². The molecule has 0 aliphatic carbocycles. The summed E-state index contributed by atoms with van der Waals surface area (Å²) in [5.41, 5.74) is 2.15. The summed E-state index contributed by atoms with van der Waals surface area (Å²) in [6.07, 6.45) is 1.69. The van der Waals surface area contributed by atoms with E-state index in [1.165, 1.54) is 7.11 Å². The lowest BCUT2D eigenvalue weighted by Crippen LogP contribution is -2.44. The summed E-state index contributed by atoms with van der Waals surface area (Å²) in [5.74, 6) is -0.732. The first-order valence-corrected chi connectivity index (χ1v) is 9.64. The Kier molecular flexibility index (Phi) is 4.01. The molecule has 0 unspecified atom stereocenters. The number of hydrogen-bond acceptors (Lipinski definition) is 7. The first kappa shape index (κ1) is 18.5. The van der Waals surface area contributed by atoms with Crippen LogP contribution in [0.3, 0.4) is 0 Å². The SMILES string of the molecule is CC[C@@]1(O)C(=O)OCc2c1cc1n(c2=O)Cc2cc3cccc(/C=N/OC)c3nc2-1. The number of pyridine rings is 2. The maximum atomic E-state index is 13.2.